The van der Waals surface area contributed by atoms with Gasteiger partial charge in [-0.3, -0.25) is 9.59 Å². The van der Waals surface area contributed by atoms with Crippen molar-refractivity contribution in [1.29, 1.82) is 10.5 Å². The molecule has 2 rings (SSSR count). The van der Waals surface area contributed by atoms with Gasteiger partial charge in [0.2, 0.25) is 0 Å². The first-order valence-electron chi connectivity index (χ1n) is 14.2. The molecule has 0 spiro atoms. The standard InChI is InChI=1S/C17H28N2O.C14H22N2O/c1-5-7-9-19(10-8-6-2)15-11-17(3,4)12-16(20)14(15)13-18;1-5-16(6-2)12-9-14(3,4)10-13(17)11(12)7-8-15/h5-12H2,1-4H3;5-7,9-10H2,1-4H3. The first-order chi connectivity index (χ1) is 17.4. The van der Waals surface area contributed by atoms with Crippen molar-refractivity contribution in [3.8, 4) is 12.1 Å². The molecule has 0 aromatic heterocycles. The number of Topliss-reactive ketones (excluding diaryl/α,β-unsaturated/α-hetero) is 2. The van der Waals surface area contributed by atoms with E-state index in [0.29, 0.717) is 18.4 Å². The summed E-state index contributed by atoms with van der Waals surface area (Å²) >= 11 is 0. The molecule has 0 bridgehead atoms. The van der Waals surface area contributed by atoms with Crippen LogP contribution in [-0.2, 0) is 9.59 Å². The Labute approximate surface area is 226 Å². The van der Waals surface area contributed by atoms with Gasteiger partial charge >= 0.3 is 0 Å². The summed E-state index contributed by atoms with van der Waals surface area (Å²) in [5.74, 6) is 0.182. The van der Waals surface area contributed by atoms with Crippen molar-refractivity contribution in [2.24, 2.45) is 10.8 Å². The molecule has 0 saturated carbocycles. The number of carbonyl (C=O) groups is 2. The Morgan fingerprint density at radius 1 is 0.730 bits per heavy atom. The first kappa shape index (κ1) is 32.4. The van der Waals surface area contributed by atoms with Crippen LogP contribution < -0.4 is 0 Å². The first-order valence-corrected chi connectivity index (χ1v) is 14.2. The maximum absolute atomic E-state index is 12.2. The van der Waals surface area contributed by atoms with E-state index in [9.17, 15) is 14.9 Å². The number of carbonyl (C=O) groups excluding carboxylic acids is 2. The monoisotopic (exact) mass is 510 g/mol. The highest BCUT2D eigenvalue weighted by atomic mass is 16.1. The smallest absolute Gasteiger partial charge is 0.175 e. The van der Waals surface area contributed by atoms with Gasteiger partial charge in [-0.05, 0) is 50.4 Å². The van der Waals surface area contributed by atoms with Crippen molar-refractivity contribution < 1.29 is 9.59 Å². The van der Waals surface area contributed by atoms with Gasteiger partial charge in [-0.2, -0.15) is 10.5 Å². The molecule has 0 fully saturated rings. The second kappa shape index (κ2) is 15.0. The molecule has 0 unspecified atom stereocenters. The van der Waals surface area contributed by atoms with Gasteiger partial charge in [-0.15, -0.1) is 0 Å². The Balaban J connectivity index is 0.000000375. The zero-order valence-corrected chi connectivity index (χ0v) is 24.8. The largest absolute Gasteiger partial charge is 0.375 e. The van der Waals surface area contributed by atoms with E-state index >= 15 is 0 Å². The van der Waals surface area contributed by atoms with Crippen molar-refractivity contribution in [3.05, 3.63) is 22.5 Å². The molecule has 0 atom stereocenters. The third-order valence-corrected chi connectivity index (χ3v) is 7.28. The fourth-order valence-electron chi connectivity index (χ4n) is 5.28. The number of hydrogen-bond donors (Lipinski definition) is 0. The number of unbranched alkanes of at least 4 members (excludes halogenated alkanes) is 2. The molecular weight excluding hydrogens is 460 g/mol. The number of rotatable bonds is 11. The second-order valence-electron chi connectivity index (χ2n) is 11.9. The average molecular weight is 511 g/mol. The highest BCUT2D eigenvalue weighted by Crippen LogP contribution is 2.39. The van der Waals surface area contributed by atoms with Crippen LogP contribution in [0, 0.1) is 33.5 Å². The molecule has 0 amide bonds. The zero-order valence-electron chi connectivity index (χ0n) is 24.8. The molecule has 0 aliphatic heterocycles. The molecule has 6 heteroatoms. The molecule has 2 aliphatic rings. The number of allylic oxidation sites excluding steroid dienone is 4. The summed E-state index contributed by atoms with van der Waals surface area (Å²) in [5, 5.41) is 18.2. The van der Waals surface area contributed by atoms with Gasteiger partial charge in [0.05, 0.1) is 12.5 Å². The summed E-state index contributed by atoms with van der Waals surface area (Å²) < 4.78 is 0. The molecule has 0 aromatic carbocycles. The summed E-state index contributed by atoms with van der Waals surface area (Å²) in [6.07, 6.45) is 7.54. The van der Waals surface area contributed by atoms with Gasteiger partial charge in [0.15, 0.2) is 11.6 Å². The summed E-state index contributed by atoms with van der Waals surface area (Å²) in [4.78, 5) is 28.8. The van der Waals surface area contributed by atoms with Gasteiger partial charge in [0.25, 0.3) is 0 Å². The number of nitriles is 2. The lowest BCUT2D eigenvalue weighted by atomic mass is 9.75. The zero-order chi connectivity index (χ0) is 28.2. The topological polar surface area (TPSA) is 88.2 Å². The highest BCUT2D eigenvalue weighted by molar-refractivity contribution is 6.01. The maximum Gasteiger partial charge on any atom is 0.175 e. The lowest BCUT2D eigenvalue weighted by Crippen LogP contribution is -2.35. The lowest BCUT2D eigenvalue weighted by molar-refractivity contribution is -0.119. The third-order valence-electron chi connectivity index (χ3n) is 7.28. The van der Waals surface area contributed by atoms with Crippen LogP contribution in [0.25, 0.3) is 0 Å². The normalized spacial score (nSPS) is 18.5. The SMILES string of the molecule is CCCCN(CCCC)C1=C(C#N)C(=O)CC(C)(C)C1.CCN(CC)C1=C(CC#N)C(=O)CC(C)(C)C1. The maximum atomic E-state index is 12.2. The minimum absolute atomic E-state index is 0.0218. The van der Waals surface area contributed by atoms with E-state index in [4.69, 9.17) is 5.26 Å². The van der Waals surface area contributed by atoms with Crippen molar-refractivity contribution in [1.82, 2.24) is 9.80 Å². The highest BCUT2D eigenvalue weighted by Gasteiger charge is 2.35. The molecule has 0 N–H and O–H groups in total. The van der Waals surface area contributed by atoms with Crippen LogP contribution in [0.5, 0.6) is 0 Å². The predicted molar refractivity (Wildman–Crippen MR) is 150 cm³/mol. The minimum atomic E-state index is -0.0244. The van der Waals surface area contributed by atoms with E-state index in [2.05, 4.69) is 77.3 Å². The molecule has 0 saturated heterocycles. The molecule has 0 heterocycles. The molecule has 0 aromatic rings. The molecule has 37 heavy (non-hydrogen) atoms. The molecule has 2 aliphatic carbocycles. The van der Waals surface area contributed by atoms with Crippen LogP contribution in [0.2, 0.25) is 0 Å². The fourth-order valence-corrected chi connectivity index (χ4v) is 5.28. The quantitative estimate of drug-likeness (QED) is 0.299. The predicted octanol–water partition coefficient (Wildman–Crippen LogP) is 6.94. The number of hydrogen-bond acceptors (Lipinski definition) is 6. The van der Waals surface area contributed by atoms with Gasteiger partial charge in [-0.1, -0.05) is 54.4 Å². The molecular formula is C31H50N4O2. The van der Waals surface area contributed by atoms with E-state index in [-0.39, 0.29) is 28.8 Å². The minimum Gasteiger partial charge on any atom is -0.375 e. The van der Waals surface area contributed by atoms with Crippen LogP contribution >= 0.6 is 0 Å². The summed E-state index contributed by atoms with van der Waals surface area (Å²) in [5.41, 5.74) is 3.25. The number of nitrogens with zero attached hydrogens (tertiary/aromatic N) is 4. The van der Waals surface area contributed by atoms with Crippen molar-refractivity contribution in [2.45, 2.75) is 113 Å². The Bertz CT molecular complexity index is 931. The van der Waals surface area contributed by atoms with Crippen LogP contribution in [0.4, 0.5) is 0 Å². The van der Waals surface area contributed by atoms with E-state index in [0.717, 1.165) is 81.7 Å². The van der Waals surface area contributed by atoms with Crippen molar-refractivity contribution >= 4 is 11.6 Å². The van der Waals surface area contributed by atoms with Crippen LogP contribution in [0.1, 0.15) is 113 Å². The average Bonchev–Trinajstić information content (AvgIpc) is 2.81. The van der Waals surface area contributed by atoms with Crippen LogP contribution in [0.15, 0.2) is 22.5 Å². The Morgan fingerprint density at radius 2 is 1.22 bits per heavy atom. The Morgan fingerprint density at radius 3 is 1.65 bits per heavy atom. The summed E-state index contributed by atoms with van der Waals surface area (Å²) in [6.45, 7) is 20.7. The molecule has 6 nitrogen and oxygen atoms in total. The fraction of sp³-hybridized carbons (Fsp3) is 0.742. The molecule has 206 valence electrons. The van der Waals surface area contributed by atoms with Gasteiger partial charge in [0.1, 0.15) is 11.6 Å². The number of ketones is 2. The lowest BCUT2D eigenvalue weighted by Gasteiger charge is -2.37. The van der Waals surface area contributed by atoms with E-state index in [1.165, 1.54) is 0 Å². The van der Waals surface area contributed by atoms with E-state index in [1.54, 1.807) is 0 Å². The van der Waals surface area contributed by atoms with Gasteiger partial charge in [0, 0.05) is 56.0 Å². The van der Waals surface area contributed by atoms with Gasteiger partial charge < -0.3 is 9.80 Å². The van der Waals surface area contributed by atoms with Crippen LogP contribution in [0.3, 0.4) is 0 Å². The second-order valence-corrected chi connectivity index (χ2v) is 11.9. The summed E-state index contributed by atoms with van der Waals surface area (Å²) in [7, 11) is 0. The Kier molecular flexibility index (Phi) is 13.1. The van der Waals surface area contributed by atoms with Crippen molar-refractivity contribution in [2.75, 3.05) is 26.2 Å². The Hall–Kier alpha value is -2.60. The van der Waals surface area contributed by atoms with Crippen molar-refractivity contribution in [3.63, 3.8) is 0 Å². The summed E-state index contributed by atoms with van der Waals surface area (Å²) in [6, 6.07) is 4.29. The van der Waals surface area contributed by atoms with E-state index in [1.807, 2.05) is 0 Å². The van der Waals surface area contributed by atoms with E-state index < -0.39 is 0 Å². The van der Waals surface area contributed by atoms with Gasteiger partial charge in [-0.25, -0.2) is 0 Å². The third kappa shape index (κ3) is 9.66. The molecule has 0 radical (unpaired) electrons. The van der Waals surface area contributed by atoms with Crippen LogP contribution in [-0.4, -0.2) is 47.5 Å².